The Labute approximate surface area is 133 Å². The highest BCUT2D eigenvalue weighted by Gasteiger charge is 2.29. The van der Waals surface area contributed by atoms with Gasteiger partial charge in [0, 0.05) is 18.3 Å². The second kappa shape index (κ2) is 7.03. The standard InChI is InChI=1S/C18H28N2O2/c1-5-16(14-9-10-14)20-15-8-6-7-13(11-15)12-19-17(21)22-18(2,3)4/h6-8,11,14,16,20H,5,9-10,12H2,1-4H3,(H,19,21). The summed E-state index contributed by atoms with van der Waals surface area (Å²) in [5.74, 6) is 0.827. The van der Waals surface area contributed by atoms with Crippen LogP contribution in [0.4, 0.5) is 10.5 Å². The summed E-state index contributed by atoms with van der Waals surface area (Å²) >= 11 is 0. The number of hydrogen-bond acceptors (Lipinski definition) is 3. The number of rotatable bonds is 6. The highest BCUT2D eigenvalue weighted by molar-refractivity contribution is 5.67. The summed E-state index contributed by atoms with van der Waals surface area (Å²) in [4.78, 5) is 11.7. The summed E-state index contributed by atoms with van der Waals surface area (Å²) in [5, 5.41) is 6.41. The Hall–Kier alpha value is -1.71. The summed E-state index contributed by atoms with van der Waals surface area (Å²) in [5.41, 5.74) is 1.73. The molecule has 2 rings (SSSR count). The van der Waals surface area contributed by atoms with Gasteiger partial charge in [0.15, 0.2) is 0 Å². The van der Waals surface area contributed by atoms with Gasteiger partial charge in [0.2, 0.25) is 0 Å². The van der Waals surface area contributed by atoms with E-state index >= 15 is 0 Å². The highest BCUT2D eigenvalue weighted by atomic mass is 16.6. The molecule has 0 aliphatic heterocycles. The molecule has 0 radical (unpaired) electrons. The first-order valence-corrected chi connectivity index (χ1v) is 8.19. The zero-order valence-corrected chi connectivity index (χ0v) is 14.1. The number of nitrogens with one attached hydrogen (secondary N) is 2. The van der Waals surface area contributed by atoms with Crippen molar-refractivity contribution in [1.29, 1.82) is 0 Å². The fraction of sp³-hybridized carbons (Fsp3) is 0.611. The molecule has 1 fully saturated rings. The van der Waals surface area contributed by atoms with Crippen molar-refractivity contribution in [3.63, 3.8) is 0 Å². The van der Waals surface area contributed by atoms with Crippen LogP contribution in [0.25, 0.3) is 0 Å². The molecule has 1 unspecified atom stereocenters. The van der Waals surface area contributed by atoms with Gasteiger partial charge in [0.1, 0.15) is 5.60 Å². The van der Waals surface area contributed by atoms with Crippen LogP contribution in [-0.4, -0.2) is 17.7 Å². The number of anilines is 1. The summed E-state index contributed by atoms with van der Waals surface area (Å²) in [7, 11) is 0. The van der Waals surface area contributed by atoms with Crippen molar-refractivity contribution in [2.24, 2.45) is 5.92 Å². The maximum absolute atomic E-state index is 11.7. The Morgan fingerprint density at radius 2 is 2.09 bits per heavy atom. The smallest absolute Gasteiger partial charge is 0.407 e. The molecule has 0 heterocycles. The van der Waals surface area contributed by atoms with Crippen molar-refractivity contribution >= 4 is 11.8 Å². The SMILES string of the molecule is CCC(Nc1cccc(CNC(=O)OC(C)(C)C)c1)C1CC1. The first-order chi connectivity index (χ1) is 10.4. The number of amides is 1. The fourth-order valence-electron chi connectivity index (χ4n) is 2.53. The van der Waals surface area contributed by atoms with Crippen molar-refractivity contribution in [2.75, 3.05) is 5.32 Å². The van der Waals surface area contributed by atoms with E-state index < -0.39 is 5.60 Å². The second-order valence-corrected chi connectivity index (χ2v) is 7.05. The van der Waals surface area contributed by atoms with Crippen LogP contribution in [0.2, 0.25) is 0 Å². The molecule has 1 aromatic rings. The summed E-state index contributed by atoms with van der Waals surface area (Å²) in [6.07, 6.45) is 3.44. The van der Waals surface area contributed by atoms with Crippen molar-refractivity contribution in [3.05, 3.63) is 29.8 Å². The molecule has 1 aromatic carbocycles. The van der Waals surface area contributed by atoms with Crippen LogP contribution < -0.4 is 10.6 Å². The zero-order chi connectivity index (χ0) is 16.2. The Bertz CT molecular complexity index is 504. The normalized spacial score (nSPS) is 16.0. The van der Waals surface area contributed by atoms with E-state index in [4.69, 9.17) is 4.74 Å². The fourth-order valence-corrected chi connectivity index (χ4v) is 2.53. The van der Waals surface area contributed by atoms with Crippen LogP contribution in [0.1, 0.15) is 52.5 Å². The highest BCUT2D eigenvalue weighted by Crippen LogP contribution is 2.35. The average molecular weight is 304 g/mol. The third kappa shape index (κ3) is 5.58. The molecule has 1 aliphatic carbocycles. The number of benzene rings is 1. The minimum Gasteiger partial charge on any atom is -0.444 e. The minimum atomic E-state index is -0.466. The number of ether oxygens (including phenoxy) is 1. The van der Waals surface area contributed by atoms with E-state index in [1.165, 1.54) is 12.8 Å². The van der Waals surface area contributed by atoms with Gasteiger partial charge in [0.05, 0.1) is 0 Å². The molecule has 0 spiro atoms. The topological polar surface area (TPSA) is 50.4 Å². The Morgan fingerprint density at radius 3 is 2.68 bits per heavy atom. The molecule has 0 saturated heterocycles. The van der Waals surface area contributed by atoms with E-state index in [1.54, 1.807) is 0 Å². The Balaban J connectivity index is 1.87. The molecular formula is C18H28N2O2. The molecule has 4 nitrogen and oxygen atoms in total. The van der Waals surface area contributed by atoms with Crippen molar-refractivity contribution in [1.82, 2.24) is 5.32 Å². The lowest BCUT2D eigenvalue weighted by Crippen LogP contribution is -2.32. The maximum atomic E-state index is 11.7. The predicted molar refractivity (Wildman–Crippen MR) is 89.9 cm³/mol. The molecule has 4 heteroatoms. The lowest BCUT2D eigenvalue weighted by atomic mass is 10.1. The molecule has 22 heavy (non-hydrogen) atoms. The first kappa shape index (κ1) is 16.7. The van der Waals surface area contributed by atoms with Crippen LogP contribution in [0, 0.1) is 5.92 Å². The van der Waals surface area contributed by atoms with Gasteiger partial charge in [-0.05, 0) is 63.6 Å². The zero-order valence-electron chi connectivity index (χ0n) is 14.1. The number of carbonyl (C=O) groups excluding carboxylic acids is 1. The summed E-state index contributed by atoms with van der Waals surface area (Å²) < 4.78 is 5.25. The predicted octanol–water partition coefficient (Wildman–Crippen LogP) is 4.31. The second-order valence-electron chi connectivity index (χ2n) is 7.05. The summed E-state index contributed by atoms with van der Waals surface area (Å²) in [6, 6.07) is 8.79. The van der Waals surface area contributed by atoms with E-state index in [9.17, 15) is 4.79 Å². The van der Waals surface area contributed by atoms with Gasteiger partial charge in [-0.25, -0.2) is 4.79 Å². The van der Waals surface area contributed by atoms with Crippen LogP contribution in [0.15, 0.2) is 24.3 Å². The number of hydrogen-bond donors (Lipinski definition) is 2. The number of alkyl carbamates (subject to hydrolysis) is 1. The van der Waals surface area contributed by atoms with E-state index in [0.29, 0.717) is 12.6 Å². The van der Waals surface area contributed by atoms with Crippen LogP contribution in [0.3, 0.4) is 0 Å². The van der Waals surface area contributed by atoms with Gasteiger partial charge in [-0.1, -0.05) is 19.1 Å². The van der Waals surface area contributed by atoms with Crippen molar-refractivity contribution < 1.29 is 9.53 Å². The van der Waals surface area contributed by atoms with Gasteiger partial charge in [-0.2, -0.15) is 0 Å². The lowest BCUT2D eigenvalue weighted by molar-refractivity contribution is 0.0523. The molecule has 1 atom stereocenters. The van der Waals surface area contributed by atoms with Gasteiger partial charge in [-0.3, -0.25) is 0 Å². The van der Waals surface area contributed by atoms with E-state index in [1.807, 2.05) is 32.9 Å². The largest absolute Gasteiger partial charge is 0.444 e. The third-order valence-electron chi connectivity index (χ3n) is 3.75. The maximum Gasteiger partial charge on any atom is 0.407 e. The van der Waals surface area contributed by atoms with Crippen LogP contribution in [0.5, 0.6) is 0 Å². The van der Waals surface area contributed by atoms with Crippen LogP contribution >= 0.6 is 0 Å². The molecule has 1 amide bonds. The van der Waals surface area contributed by atoms with Gasteiger partial charge in [-0.15, -0.1) is 0 Å². The molecule has 1 saturated carbocycles. The summed E-state index contributed by atoms with van der Waals surface area (Å²) in [6.45, 7) is 8.29. The lowest BCUT2D eigenvalue weighted by Gasteiger charge is -2.20. The van der Waals surface area contributed by atoms with Crippen molar-refractivity contribution in [3.8, 4) is 0 Å². The monoisotopic (exact) mass is 304 g/mol. The number of carbonyl (C=O) groups is 1. The Morgan fingerprint density at radius 1 is 1.36 bits per heavy atom. The Kier molecular flexibility index (Phi) is 5.33. The molecule has 1 aliphatic rings. The van der Waals surface area contributed by atoms with Gasteiger partial charge in [0.25, 0.3) is 0 Å². The molecular weight excluding hydrogens is 276 g/mol. The molecule has 122 valence electrons. The van der Waals surface area contributed by atoms with Gasteiger partial charge < -0.3 is 15.4 Å². The van der Waals surface area contributed by atoms with E-state index in [2.05, 4.69) is 29.7 Å². The van der Waals surface area contributed by atoms with Gasteiger partial charge >= 0.3 is 6.09 Å². The van der Waals surface area contributed by atoms with E-state index in [-0.39, 0.29) is 6.09 Å². The molecule has 0 aromatic heterocycles. The third-order valence-corrected chi connectivity index (χ3v) is 3.75. The van der Waals surface area contributed by atoms with Crippen LogP contribution in [-0.2, 0) is 11.3 Å². The molecule has 0 bridgehead atoms. The quantitative estimate of drug-likeness (QED) is 0.823. The van der Waals surface area contributed by atoms with Crippen molar-refractivity contribution in [2.45, 2.75) is 65.1 Å². The average Bonchev–Trinajstić information content (AvgIpc) is 3.26. The molecule has 2 N–H and O–H groups in total. The van der Waals surface area contributed by atoms with E-state index in [0.717, 1.165) is 23.6 Å². The minimum absolute atomic E-state index is 0.379. The first-order valence-electron chi connectivity index (χ1n) is 8.19.